The summed E-state index contributed by atoms with van der Waals surface area (Å²) in [5, 5.41) is 26.0. The van der Waals surface area contributed by atoms with Crippen molar-refractivity contribution < 1.29 is 15.3 Å². The molecule has 4 heteroatoms. The summed E-state index contributed by atoms with van der Waals surface area (Å²) in [6.07, 6.45) is -0.986. The van der Waals surface area contributed by atoms with E-state index in [0.29, 0.717) is 11.5 Å². The van der Waals surface area contributed by atoms with Crippen LogP contribution in [0.3, 0.4) is 0 Å². The van der Waals surface area contributed by atoms with Gasteiger partial charge in [-0.25, -0.2) is 0 Å². The molecule has 10 heavy (non-hydrogen) atoms. The maximum atomic E-state index is 8.82. The molecule has 1 unspecified atom stereocenters. The van der Waals surface area contributed by atoms with Crippen LogP contribution in [0.2, 0.25) is 0 Å². The van der Waals surface area contributed by atoms with Gasteiger partial charge in [-0.1, -0.05) is 0 Å². The first kappa shape index (κ1) is 10.2. The number of hydrogen-bond acceptors (Lipinski definition) is 4. The highest BCUT2D eigenvalue weighted by molar-refractivity contribution is 7.99. The maximum absolute atomic E-state index is 8.82. The summed E-state index contributed by atoms with van der Waals surface area (Å²) in [6.45, 7) is 1.49. The average molecular weight is 166 g/mol. The average Bonchev–Trinajstić information content (AvgIpc) is 1.87. The van der Waals surface area contributed by atoms with E-state index in [4.69, 9.17) is 15.3 Å². The fourth-order valence-corrected chi connectivity index (χ4v) is 1.28. The van der Waals surface area contributed by atoms with Crippen LogP contribution in [0, 0.1) is 0 Å². The van der Waals surface area contributed by atoms with Crippen LogP contribution in [-0.2, 0) is 0 Å². The van der Waals surface area contributed by atoms with Crippen molar-refractivity contribution in [3.63, 3.8) is 0 Å². The van der Waals surface area contributed by atoms with E-state index in [1.165, 1.54) is 11.8 Å². The van der Waals surface area contributed by atoms with Crippen molar-refractivity contribution in [3.05, 3.63) is 0 Å². The number of thioether (sulfide) groups is 1. The Morgan fingerprint density at radius 3 is 2.30 bits per heavy atom. The first-order chi connectivity index (χ1) is 4.66. The van der Waals surface area contributed by atoms with Gasteiger partial charge in [0, 0.05) is 11.5 Å². The van der Waals surface area contributed by atoms with Crippen molar-refractivity contribution in [2.75, 3.05) is 18.1 Å². The van der Waals surface area contributed by atoms with E-state index in [-0.39, 0.29) is 12.7 Å². The molecule has 0 aromatic heterocycles. The van der Waals surface area contributed by atoms with Gasteiger partial charge in [0.05, 0.1) is 18.8 Å². The Bertz CT molecular complexity index is 77.4. The zero-order valence-corrected chi connectivity index (χ0v) is 6.84. The largest absolute Gasteiger partial charge is 0.394 e. The Labute approximate surface area is 65.1 Å². The van der Waals surface area contributed by atoms with Crippen molar-refractivity contribution in [3.8, 4) is 0 Å². The smallest absolute Gasteiger partial charge is 0.0861 e. The molecule has 0 aliphatic rings. The second-order valence-corrected chi connectivity index (χ2v) is 3.30. The Morgan fingerprint density at radius 2 is 1.90 bits per heavy atom. The highest BCUT2D eigenvalue weighted by atomic mass is 32.2. The number of hydrogen-bond donors (Lipinski definition) is 3. The first-order valence-electron chi connectivity index (χ1n) is 3.21. The molecule has 0 aromatic rings. The standard InChI is InChI=1S/C6H14O3S/c1-5(8)3-10-4-6(9)2-7/h5-9H,2-4H2,1H3/t5-,6?/m0/s1. The van der Waals surface area contributed by atoms with Crippen LogP contribution < -0.4 is 0 Å². The lowest BCUT2D eigenvalue weighted by Gasteiger charge is -2.07. The molecule has 62 valence electrons. The van der Waals surface area contributed by atoms with Crippen LogP contribution in [-0.4, -0.2) is 45.6 Å². The van der Waals surface area contributed by atoms with Crippen LogP contribution in [0.4, 0.5) is 0 Å². The van der Waals surface area contributed by atoms with E-state index in [0.717, 1.165) is 0 Å². The second kappa shape index (κ2) is 5.97. The zero-order chi connectivity index (χ0) is 7.98. The van der Waals surface area contributed by atoms with Crippen LogP contribution in [0.1, 0.15) is 6.92 Å². The van der Waals surface area contributed by atoms with Gasteiger partial charge >= 0.3 is 0 Å². The van der Waals surface area contributed by atoms with Gasteiger partial charge in [-0.05, 0) is 6.92 Å². The van der Waals surface area contributed by atoms with Crippen LogP contribution in [0.25, 0.3) is 0 Å². The minimum Gasteiger partial charge on any atom is -0.394 e. The summed E-state index contributed by atoms with van der Waals surface area (Å²) >= 11 is 1.43. The second-order valence-electron chi connectivity index (χ2n) is 2.22. The molecule has 0 aliphatic heterocycles. The van der Waals surface area contributed by atoms with Crippen molar-refractivity contribution in [2.24, 2.45) is 0 Å². The first-order valence-corrected chi connectivity index (χ1v) is 4.37. The Hall–Kier alpha value is 0.230. The van der Waals surface area contributed by atoms with Crippen molar-refractivity contribution >= 4 is 11.8 Å². The minimum absolute atomic E-state index is 0.202. The quantitative estimate of drug-likeness (QED) is 0.513. The third-order valence-electron chi connectivity index (χ3n) is 0.880. The minimum atomic E-state index is -0.649. The zero-order valence-electron chi connectivity index (χ0n) is 6.03. The summed E-state index contributed by atoms with van der Waals surface area (Å²) in [6, 6.07) is 0. The van der Waals surface area contributed by atoms with Gasteiger partial charge < -0.3 is 15.3 Å². The van der Waals surface area contributed by atoms with Crippen molar-refractivity contribution in [1.82, 2.24) is 0 Å². The third-order valence-corrected chi connectivity index (χ3v) is 2.22. The van der Waals surface area contributed by atoms with Gasteiger partial charge in [-0.2, -0.15) is 11.8 Å². The van der Waals surface area contributed by atoms with Crippen molar-refractivity contribution in [1.29, 1.82) is 0 Å². The molecular formula is C6H14O3S. The maximum Gasteiger partial charge on any atom is 0.0861 e. The summed E-state index contributed by atoms with van der Waals surface area (Å²) in [5.41, 5.74) is 0. The Balaban J connectivity index is 3.03. The van der Waals surface area contributed by atoms with Crippen LogP contribution in [0.5, 0.6) is 0 Å². The molecule has 3 nitrogen and oxygen atoms in total. The molecule has 0 heterocycles. The highest BCUT2D eigenvalue weighted by Gasteiger charge is 2.02. The molecule has 0 fully saturated rings. The van der Waals surface area contributed by atoms with E-state index in [1.54, 1.807) is 6.92 Å². The fraction of sp³-hybridized carbons (Fsp3) is 1.00. The molecule has 0 aliphatic carbocycles. The number of aliphatic hydroxyl groups is 3. The summed E-state index contributed by atoms with van der Waals surface area (Å²) in [7, 11) is 0. The van der Waals surface area contributed by atoms with Gasteiger partial charge in [0.1, 0.15) is 0 Å². The topological polar surface area (TPSA) is 60.7 Å². The van der Waals surface area contributed by atoms with Gasteiger partial charge in [-0.3, -0.25) is 0 Å². The van der Waals surface area contributed by atoms with Crippen LogP contribution >= 0.6 is 11.8 Å². The predicted octanol–water partition coefficient (Wildman–Crippen LogP) is -0.546. The molecule has 0 saturated heterocycles. The van der Waals surface area contributed by atoms with Gasteiger partial charge in [0.15, 0.2) is 0 Å². The van der Waals surface area contributed by atoms with Gasteiger partial charge in [-0.15, -0.1) is 0 Å². The number of aliphatic hydroxyl groups excluding tert-OH is 3. The van der Waals surface area contributed by atoms with E-state index in [2.05, 4.69) is 0 Å². The molecule has 0 amide bonds. The number of rotatable bonds is 5. The Kier molecular flexibility index (Phi) is 6.11. The molecule has 0 radical (unpaired) electrons. The lowest BCUT2D eigenvalue weighted by Crippen LogP contribution is -2.16. The summed E-state index contributed by atoms with van der Waals surface area (Å²) in [5.74, 6) is 1.10. The van der Waals surface area contributed by atoms with Crippen LogP contribution in [0.15, 0.2) is 0 Å². The third kappa shape index (κ3) is 6.35. The molecule has 0 rings (SSSR count). The van der Waals surface area contributed by atoms with Gasteiger partial charge in [0.25, 0.3) is 0 Å². The van der Waals surface area contributed by atoms with Gasteiger partial charge in [0.2, 0.25) is 0 Å². The highest BCUT2D eigenvalue weighted by Crippen LogP contribution is 2.04. The fourth-order valence-electron chi connectivity index (χ4n) is 0.427. The lowest BCUT2D eigenvalue weighted by molar-refractivity contribution is 0.113. The summed E-state index contributed by atoms with van der Waals surface area (Å²) in [4.78, 5) is 0. The molecule has 3 N–H and O–H groups in total. The predicted molar refractivity (Wildman–Crippen MR) is 42.1 cm³/mol. The summed E-state index contributed by atoms with van der Waals surface area (Å²) < 4.78 is 0. The van der Waals surface area contributed by atoms with E-state index in [9.17, 15) is 0 Å². The molecule has 0 spiro atoms. The molecule has 2 atom stereocenters. The molecular weight excluding hydrogens is 152 g/mol. The monoisotopic (exact) mass is 166 g/mol. The molecule has 0 bridgehead atoms. The van der Waals surface area contributed by atoms with Crippen molar-refractivity contribution in [2.45, 2.75) is 19.1 Å². The lowest BCUT2D eigenvalue weighted by atomic mass is 10.4. The van der Waals surface area contributed by atoms with E-state index >= 15 is 0 Å². The van der Waals surface area contributed by atoms with E-state index in [1.807, 2.05) is 0 Å². The SMILES string of the molecule is C[C@H](O)CSCC(O)CO. The molecule has 0 saturated carbocycles. The normalized spacial score (nSPS) is 16.8. The molecule has 0 aromatic carbocycles. The Morgan fingerprint density at radius 1 is 1.30 bits per heavy atom. The van der Waals surface area contributed by atoms with E-state index < -0.39 is 6.10 Å².